The summed E-state index contributed by atoms with van der Waals surface area (Å²) in [6.45, 7) is 4.47. The summed E-state index contributed by atoms with van der Waals surface area (Å²) >= 11 is 0. The molecule has 24 heavy (non-hydrogen) atoms. The second kappa shape index (κ2) is 12.8. The number of terminal acetylenes is 1. The molecule has 5 heteroatoms. The van der Waals surface area contributed by atoms with Gasteiger partial charge in [-0.25, -0.2) is 0 Å². The van der Waals surface area contributed by atoms with E-state index in [1.807, 2.05) is 13.8 Å². The second-order valence-corrected chi connectivity index (χ2v) is 6.43. The van der Waals surface area contributed by atoms with E-state index in [1.54, 1.807) is 23.9 Å². The second-order valence-electron chi connectivity index (χ2n) is 6.43. The maximum Gasteiger partial charge on any atom is 0.225 e. The number of hydrogen-bond acceptors (Lipinski definition) is 3. The van der Waals surface area contributed by atoms with E-state index in [0.29, 0.717) is 6.42 Å². The SMILES string of the molecule is C#CCCCCCC(=O)N(C)CC(O)CN(C)C(=O)C(CC)CC. The van der Waals surface area contributed by atoms with E-state index in [2.05, 4.69) is 5.92 Å². The molecule has 1 atom stereocenters. The Balaban J connectivity index is 4.16. The average Bonchev–Trinajstić information content (AvgIpc) is 2.55. The first-order valence-electron chi connectivity index (χ1n) is 8.97. The third kappa shape index (κ3) is 8.93. The van der Waals surface area contributed by atoms with E-state index in [1.165, 1.54) is 0 Å². The lowest BCUT2D eigenvalue weighted by atomic mass is 10.0. The van der Waals surface area contributed by atoms with E-state index in [-0.39, 0.29) is 30.8 Å². The van der Waals surface area contributed by atoms with Crippen molar-refractivity contribution in [2.24, 2.45) is 5.92 Å². The minimum absolute atomic E-state index is 0.00423. The van der Waals surface area contributed by atoms with Gasteiger partial charge >= 0.3 is 0 Å². The highest BCUT2D eigenvalue weighted by atomic mass is 16.3. The van der Waals surface area contributed by atoms with Crippen LogP contribution in [0.1, 0.15) is 58.8 Å². The van der Waals surface area contributed by atoms with Gasteiger partial charge in [0.1, 0.15) is 0 Å². The van der Waals surface area contributed by atoms with Crippen LogP contribution in [0.3, 0.4) is 0 Å². The van der Waals surface area contributed by atoms with Gasteiger partial charge in [0.2, 0.25) is 11.8 Å². The maximum atomic E-state index is 12.2. The Morgan fingerprint density at radius 2 is 1.62 bits per heavy atom. The molecule has 0 rings (SSSR count). The zero-order chi connectivity index (χ0) is 18.5. The summed E-state index contributed by atoms with van der Waals surface area (Å²) in [5, 5.41) is 10.1. The summed E-state index contributed by atoms with van der Waals surface area (Å²) in [7, 11) is 3.40. The summed E-state index contributed by atoms with van der Waals surface area (Å²) < 4.78 is 0. The molecule has 0 saturated carbocycles. The lowest BCUT2D eigenvalue weighted by Gasteiger charge is -2.27. The number of aliphatic hydroxyl groups excluding tert-OH is 1. The molecular weight excluding hydrogens is 304 g/mol. The molecule has 1 unspecified atom stereocenters. The molecule has 0 saturated heterocycles. The number of rotatable bonds is 12. The molecule has 0 aliphatic carbocycles. The Bertz CT molecular complexity index is 413. The first-order chi connectivity index (χ1) is 11.4. The van der Waals surface area contributed by atoms with Crippen LogP contribution in [-0.4, -0.2) is 60.0 Å². The molecule has 138 valence electrons. The third-order valence-electron chi connectivity index (χ3n) is 4.32. The molecule has 1 N–H and O–H groups in total. The first kappa shape index (κ1) is 22.5. The van der Waals surface area contributed by atoms with Crippen LogP contribution in [0.25, 0.3) is 0 Å². The van der Waals surface area contributed by atoms with E-state index >= 15 is 0 Å². The largest absolute Gasteiger partial charge is 0.389 e. The van der Waals surface area contributed by atoms with Gasteiger partial charge in [-0.05, 0) is 25.7 Å². The van der Waals surface area contributed by atoms with Gasteiger partial charge in [0.25, 0.3) is 0 Å². The Morgan fingerprint density at radius 3 is 2.17 bits per heavy atom. The molecule has 0 heterocycles. The first-order valence-corrected chi connectivity index (χ1v) is 8.97. The molecule has 0 spiro atoms. The van der Waals surface area contributed by atoms with Gasteiger partial charge < -0.3 is 14.9 Å². The highest BCUT2D eigenvalue weighted by Crippen LogP contribution is 2.11. The fourth-order valence-electron chi connectivity index (χ4n) is 2.70. The van der Waals surface area contributed by atoms with Gasteiger partial charge in [0, 0.05) is 45.9 Å². The van der Waals surface area contributed by atoms with Crippen LogP contribution >= 0.6 is 0 Å². The predicted molar refractivity (Wildman–Crippen MR) is 97.3 cm³/mol. The van der Waals surface area contributed by atoms with E-state index in [4.69, 9.17) is 6.42 Å². The number of aliphatic hydroxyl groups is 1. The van der Waals surface area contributed by atoms with Gasteiger partial charge in [0.05, 0.1) is 6.10 Å². The van der Waals surface area contributed by atoms with E-state index < -0.39 is 6.10 Å². The standard InChI is InChI=1S/C19H34N2O3/c1-6-9-10-11-12-13-18(23)20(4)14-17(22)15-21(5)19(24)16(7-2)8-3/h1,16-17,22H,7-15H2,2-5H3. The minimum atomic E-state index is -0.733. The summed E-state index contributed by atoms with van der Waals surface area (Å²) in [4.78, 5) is 27.3. The van der Waals surface area contributed by atoms with Crippen molar-refractivity contribution in [3.05, 3.63) is 0 Å². The number of amides is 2. The molecule has 0 radical (unpaired) electrons. The van der Waals surface area contributed by atoms with Crippen molar-refractivity contribution < 1.29 is 14.7 Å². The quantitative estimate of drug-likeness (QED) is 0.439. The van der Waals surface area contributed by atoms with Crippen LogP contribution in [0.2, 0.25) is 0 Å². The number of carbonyl (C=O) groups is 2. The average molecular weight is 338 g/mol. The van der Waals surface area contributed by atoms with Crippen LogP contribution in [0.15, 0.2) is 0 Å². The summed E-state index contributed by atoms with van der Waals surface area (Å²) in [5.74, 6) is 2.67. The zero-order valence-electron chi connectivity index (χ0n) is 15.8. The lowest BCUT2D eigenvalue weighted by Crippen LogP contribution is -2.43. The van der Waals surface area contributed by atoms with Gasteiger partial charge in [-0.2, -0.15) is 0 Å². The van der Waals surface area contributed by atoms with Gasteiger partial charge in [-0.1, -0.05) is 20.3 Å². The fraction of sp³-hybridized carbons (Fsp3) is 0.789. The summed E-state index contributed by atoms with van der Waals surface area (Å²) in [6.07, 6.45) is 9.97. The zero-order valence-corrected chi connectivity index (χ0v) is 15.8. The molecule has 5 nitrogen and oxygen atoms in total. The molecule has 0 fully saturated rings. The Hall–Kier alpha value is -1.54. The molecule has 0 aromatic heterocycles. The highest BCUT2D eigenvalue weighted by molar-refractivity contribution is 5.78. The van der Waals surface area contributed by atoms with Crippen molar-refractivity contribution in [3.8, 4) is 12.3 Å². The molecule has 0 aromatic carbocycles. The van der Waals surface area contributed by atoms with Crippen molar-refractivity contribution in [3.63, 3.8) is 0 Å². The lowest BCUT2D eigenvalue weighted by molar-refractivity contribution is -0.136. The Kier molecular flexibility index (Phi) is 12.0. The van der Waals surface area contributed by atoms with Gasteiger partial charge in [0.15, 0.2) is 0 Å². The maximum absolute atomic E-state index is 12.2. The van der Waals surface area contributed by atoms with Crippen molar-refractivity contribution in [1.82, 2.24) is 9.80 Å². The van der Waals surface area contributed by atoms with Crippen LogP contribution in [0.5, 0.6) is 0 Å². The number of unbranched alkanes of at least 4 members (excludes halogenated alkanes) is 3. The van der Waals surface area contributed by atoms with E-state index in [0.717, 1.165) is 38.5 Å². The number of hydrogen-bond donors (Lipinski definition) is 1. The highest BCUT2D eigenvalue weighted by Gasteiger charge is 2.21. The fourth-order valence-corrected chi connectivity index (χ4v) is 2.70. The molecule has 2 amide bonds. The Labute approximate surface area is 147 Å². The molecular formula is C19H34N2O3. The molecule has 0 aliphatic rings. The molecule has 0 bridgehead atoms. The minimum Gasteiger partial charge on any atom is -0.389 e. The smallest absolute Gasteiger partial charge is 0.225 e. The van der Waals surface area contributed by atoms with Crippen molar-refractivity contribution >= 4 is 11.8 Å². The van der Waals surface area contributed by atoms with Crippen LogP contribution < -0.4 is 0 Å². The predicted octanol–water partition coefficient (Wildman–Crippen LogP) is 2.28. The topological polar surface area (TPSA) is 60.9 Å². The van der Waals surface area contributed by atoms with Crippen molar-refractivity contribution in [2.45, 2.75) is 64.9 Å². The Morgan fingerprint density at radius 1 is 1.04 bits per heavy atom. The summed E-state index contributed by atoms with van der Waals surface area (Å²) in [5.41, 5.74) is 0. The third-order valence-corrected chi connectivity index (χ3v) is 4.32. The van der Waals surface area contributed by atoms with Gasteiger partial charge in [-0.3, -0.25) is 9.59 Å². The van der Waals surface area contributed by atoms with Crippen molar-refractivity contribution in [2.75, 3.05) is 27.2 Å². The number of nitrogens with zero attached hydrogens (tertiary/aromatic N) is 2. The summed E-state index contributed by atoms with van der Waals surface area (Å²) in [6, 6.07) is 0. The van der Waals surface area contributed by atoms with Crippen LogP contribution in [-0.2, 0) is 9.59 Å². The molecule has 0 aliphatic heterocycles. The van der Waals surface area contributed by atoms with Crippen LogP contribution in [0, 0.1) is 18.3 Å². The van der Waals surface area contributed by atoms with Gasteiger partial charge in [-0.15, -0.1) is 12.3 Å². The monoisotopic (exact) mass is 338 g/mol. The van der Waals surface area contributed by atoms with Crippen molar-refractivity contribution in [1.29, 1.82) is 0 Å². The molecule has 0 aromatic rings. The normalized spacial score (nSPS) is 11.9. The number of likely N-dealkylation sites (N-methyl/N-ethyl adjacent to an activating group) is 2. The number of carbonyl (C=O) groups excluding carboxylic acids is 2. The van der Waals surface area contributed by atoms with E-state index in [9.17, 15) is 14.7 Å². The van der Waals surface area contributed by atoms with Crippen LogP contribution in [0.4, 0.5) is 0 Å².